The van der Waals surface area contributed by atoms with Crippen LogP contribution in [0.2, 0.25) is 0 Å². The SMILES string of the molecule is CN(CC1=NN(CC2OC3CCC2CC3)C(=O)C1)C(=O)OC(C)(C)C. The summed E-state index contributed by atoms with van der Waals surface area (Å²) in [5, 5.41) is 5.97. The number of carbonyl (C=O) groups excluding carboxylic acids is 2. The summed E-state index contributed by atoms with van der Waals surface area (Å²) in [5.74, 6) is 0.527. The Labute approximate surface area is 149 Å². The number of nitrogens with zero attached hydrogens (tertiary/aromatic N) is 3. The third kappa shape index (κ3) is 4.51. The van der Waals surface area contributed by atoms with Gasteiger partial charge in [0.05, 0.1) is 37.4 Å². The van der Waals surface area contributed by atoms with Gasteiger partial charge in [-0.05, 0) is 52.4 Å². The van der Waals surface area contributed by atoms with Crippen molar-refractivity contribution >= 4 is 17.7 Å². The number of carbonyl (C=O) groups is 2. The fraction of sp³-hybridized carbons (Fsp3) is 0.833. The molecule has 0 spiro atoms. The van der Waals surface area contributed by atoms with Gasteiger partial charge in [0.25, 0.3) is 0 Å². The van der Waals surface area contributed by atoms with Gasteiger partial charge in [-0.15, -0.1) is 0 Å². The molecule has 3 aliphatic heterocycles. The summed E-state index contributed by atoms with van der Waals surface area (Å²) >= 11 is 0. The maximum Gasteiger partial charge on any atom is 0.410 e. The molecule has 0 aromatic heterocycles. The number of rotatable bonds is 4. The zero-order valence-electron chi connectivity index (χ0n) is 15.7. The van der Waals surface area contributed by atoms with Gasteiger partial charge in [-0.2, -0.15) is 5.10 Å². The second kappa shape index (κ2) is 6.94. The zero-order valence-corrected chi connectivity index (χ0v) is 15.7. The average Bonchev–Trinajstić information content (AvgIpc) is 2.86. The van der Waals surface area contributed by atoms with Crippen LogP contribution >= 0.6 is 0 Å². The molecule has 4 rings (SSSR count). The maximum absolute atomic E-state index is 12.3. The van der Waals surface area contributed by atoms with Gasteiger partial charge in [0.15, 0.2) is 0 Å². The molecule has 0 N–H and O–H groups in total. The van der Waals surface area contributed by atoms with Gasteiger partial charge in [-0.1, -0.05) is 0 Å². The van der Waals surface area contributed by atoms with E-state index in [9.17, 15) is 9.59 Å². The van der Waals surface area contributed by atoms with Gasteiger partial charge in [0.1, 0.15) is 5.60 Å². The van der Waals surface area contributed by atoms with Gasteiger partial charge in [-0.3, -0.25) is 4.79 Å². The van der Waals surface area contributed by atoms with Crippen LogP contribution in [0.15, 0.2) is 5.10 Å². The van der Waals surface area contributed by atoms with Crippen LogP contribution in [-0.2, 0) is 14.3 Å². The number of ether oxygens (including phenoxy) is 2. The Hall–Kier alpha value is -1.63. The molecule has 2 amide bonds. The Morgan fingerprint density at radius 1 is 1.32 bits per heavy atom. The Bertz CT molecular complexity index is 561. The van der Waals surface area contributed by atoms with E-state index >= 15 is 0 Å². The van der Waals surface area contributed by atoms with E-state index in [1.165, 1.54) is 22.8 Å². The maximum atomic E-state index is 12.3. The highest BCUT2D eigenvalue weighted by molar-refractivity contribution is 6.06. The van der Waals surface area contributed by atoms with Crippen LogP contribution in [0.3, 0.4) is 0 Å². The minimum absolute atomic E-state index is 0.0161. The highest BCUT2D eigenvalue weighted by atomic mass is 16.6. The number of hydrazone groups is 1. The van der Waals surface area contributed by atoms with Gasteiger partial charge in [0, 0.05) is 7.05 Å². The first-order valence-electron chi connectivity index (χ1n) is 9.17. The van der Waals surface area contributed by atoms with E-state index in [2.05, 4.69) is 5.10 Å². The molecule has 1 aliphatic carbocycles. The van der Waals surface area contributed by atoms with Crippen LogP contribution < -0.4 is 0 Å². The van der Waals surface area contributed by atoms with Crippen LogP contribution in [-0.4, -0.2) is 65.6 Å². The van der Waals surface area contributed by atoms with Crippen LogP contribution in [0.4, 0.5) is 4.79 Å². The van der Waals surface area contributed by atoms with Crippen molar-refractivity contribution in [3.8, 4) is 0 Å². The highest BCUT2D eigenvalue weighted by Gasteiger charge is 2.39. The summed E-state index contributed by atoms with van der Waals surface area (Å²) in [5.41, 5.74) is 0.154. The van der Waals surface area contributed by atoms with E-state index in [1.807, 2.05) is 20.8 Å². The lowest BCUT2D eigenvalue weighted by Crippen LogP contribution is -2.46. The number of hydrogen-bond donors (Lipinski definition) is 0. The summed E-state index contributed by atoms with van der Waals surface area (Å²) in [4.78, 5) is 25.8. The molecule has 0 aromatic rings. The quantitative estimate of drug-likeness (QED) is 0.780. The monoisotopic (exact) mass is 351 g/mol. The van der Waals surface area contributed by atoms with E-state index in [1.54, 1.807) is 7.05 Å². The summed E-state index contributed by atoms with van der Waals surface area (Å²) < 4.78 is 11.4. The molecule has 140 valence electrons. The van der Waals surface area contributed by atoms with Crippen molar-refractivity contribution in [3.05, 3.63) is 0 Å². The van der Waals surface area contributed by atoms with E-state index in [4.69, 9.17) is 9.47 Å². The van der Waals surface area contributed by atoms with Gasteiger partial charge >= 0.3 is 6.09 Å². The molecule has 3 fully saturated rings. The van der Waals surface area contributed by atoms with Crippen molar-refractivity contribution in [2.75, 3.05) is 20.1 Å². The standard InChI is InChI=1S/C18H29N3O4/c1-18(2,3)25-17(23)20(4)10-13-9-16(22)21(19-13)11-15-12-5-7-14(24-15)8-6-12/h12,14-15H,5-11H2,1-4H3. The lowest BCUT2D eigenvalue weighted by atomic mass is 9.80. The molecular formula is C18H29N3O4. The van der Waals surface area contributed by atoms with Crippen molar-refractivity contribution in [1.82, 2.24) is 9.91 Å². The number of amides is 2. The van der Waals surface area contributed by atoms with E-state index in [-0.39, 0.29) is 18.4 Å². The van der Waals surface area contributed by atoms with Crippen LogP contribution in [0.1, 0.15) is 52.9 Å². The molecule has 2 saturated heterocycles. The molecule has 4 aliphatic rings. The average molecular weight is 351 g/mol. The van der Waals surface area contributed by atoms with Crippen molar-refractivity contribution in [2.45, 2.75) is 70.7 Å². The smallest absolute Gasteiger partial charge is 0.410 e. The minimum Gasteiger partial charge on any atom is -0.444 e. The zero-order chi connectivity index (χ0) is 18.2. The molecule has 7 heteroatoms. The molecule has 3 heterocycles. The van der Waals surface area contributed by atoms with Crippen molar-refractivity contribution in [3.63, 3.8) is 0 Å². The lowest BCUT2D eigenvalue weighted by molar-refractivity contribution is -0.146. The Morgan fingerprint density at radius 2 is 2.00 bits per heavy atom. The fourth-order valence-electron chi connectivity index (χ4n) is 3.75. The normalized spacial score (nSPS) is 29.0. The van der Waals surface area contributed by atoms with Crippen LogP contribution in [0, 0.1) is 5.92 Å². The molecular weight excluding hydrogens is 322 g/mol. The molecule has 1 atom stereocenters. The van der Waals surface area contributed by atoms with Gasteiger partial charge < -0.3 is 14.4 Å². The summed E-state index contributed by atoms with van der Waals surface area (Å²) in [6, 6.07) is 0. The Kier molecular flexibility index (Phi) is 5.04. The number of hydrogen-bond acceptors (Lipinski definition) is 5. The fourth-order valence-corrected chi connectivity index (χ4v) is 3.75. The largest absolute Gasteiger partial charge is 0.444 e. The minimum atomic E-state index is -0.539. The van der Waals surface area contributed by atoms with E-state index in [0.29, 0.717) is 30.8 Å². The highest BCUT2D eigenvalue weighted by Crippen LogP contribution is 2.37. The summed E-state index contributed by atoms with van der Waals surface area (Å²) in [7, 11) is 1.66. The molecule has 0 radical (unpaired) electrons. The van der Waals surface area contributed by atoms with Crippen molar-refractivity contribution < 1.29 is 19.1 Å². The predicted molar refractivity (Wildman–Crippen MR) is 93.2 cm³/mol. The first-order valence-corrected chi connectivity index (χ1v) is 9.17. The predicted octanol–water partition coefficient (Wildman–Crippen LogP) is 2.40. The first kappa shape index (κ1) is 18.2. The van der Waals surface area contributed by atoms with Crippen LogP contribution in [0.25, 0.3) is 0 Å². The third-order valence-corrected chi connectivity index (χ3v) is 4.99. The molecule has 2 bridgehead atoms. The Balaban J connectivity index is 1.54. The molecule has 25 heavy (non-hydrogen) atoms. The molecule has 7 nitrogen and oxygen atoms in total. The Morgan fingerprint density at radius 3 is 2.56 bits per heavy atom. The van der Waals surface area contributed by atoms with Gasteiger partial charge in [-0.25, -0.2) is 9.80 Å². The van der Waals surface area contributed by atoms with Crippen LogP contribution in [0.5, 0.6) is 0 Å². The van der Waals surface area contributed by atoms with Crippen molar-refractivity contribution in [1.29, 1.82) is 0 Å². The van der Waals surface area contributed by atoms with Gasteiger partial charge in [0.2, 0.25) is 5.91 Å². The second-order valence-electron chi connectivity index (χ2n) is 8.37. The molecule has 0 aromatic carbocycles. The third-order valence-electron chi connectivity index (χ3n) is 4.99. The molecule has 1 unspecified atom stereocenters. The summed E-state index contributed by atoms with van der Waals surface area (Å²) in [6.07, 6.45) is 4.97. The first-order chi connectivity index (χ1) is 11.7. The summed E-state index contributed by atoms with van der Waals surface area (Å²) in [6.45, 7) is 6.31. The lowest BCUT2D eigenvalue weighted by Gasteiger charge is -2.43. The van der Waals surface area contributed by atoms with E-state index < -0.39 is 11.7 Å². The van der Waals surface area contributed by atoms with Crippen molar-refractivity contribution in [2.24, 2.45) is 11.0 Å². The second-order valence-corrected chi connectivity index (χ2v) is 8.37. The molecule has 1 saturated carbocycles. The number of fused-ring (bicyclic) bond motifs is 3. The topological polar surface area (TPSA) is 71.4 Å². The van der Waals surface area contributed by atoms with E-state index in [0.717, 1.165) is 12.8 Å².